The molecule has 0 atom stereocenters. The third kappa shape index (κ3) is 4.73. The lowest BCUT2D eigenvalue weighted by Gasteiger charge is -2.17. The Morgan fingerprint density at radius 1 is 0.793 bits per heavy atom. The normalized spacial score (nSPS) is 10.5. The van der Waals surface area contributed by atoms with E-state index >= 15 is 0 Å². The zero-order valence-electron chi connectivity index (χ0n) is 16.2. The predicted molar refractivity (Wildman–Crippen MR) is 116 cm³/mol. The molecule has 144 valence electrons. The molecule has 0 amide bonds. The second kappa shape index (κ2) is 8.93. The maximum atomic E-state index is 4.68. The van der Waals surface area contributed by atoms with Crippen LogP contribution in [-0.2, 0) is 6.42 Å². The van der Waals surface area contributed by atoms with Crippen LogP contribution in [0, 0.1) is 0 Å². The molecule has 0 aliphatic carbocycles. The Kier molecular flexibility index (Phi) is 5.71. The van der Waals surface area contributed by atoms with Gasteiger partial charge in [-0.15, -0.1) is 0 Å². The van der Waals surface area contributed by atoms with E-state index in [1.54, 1.807) is 12.4 Å². The zero-order chi connectivity index (χ0) is 19.9. The van der Waals surface area contributed by atoms with Crippen LogP contribution in [0.5, 0.6) is 0 Å². The molecule has 29 heavy (non-hydrogen) atoms. The summed E-state index contributed by atoms with van der Waals surface area (Å²) >= 11 is 0. The molecule has 0 fully saturated rings. The van der Waals surface area contributed by atoms with Gasteiger partial charge in [0.2, 0.25) is 11.9 Å². The van der Waals surface area contributed by atoms with Gasteiger partial charge in [0, 0.05) is 31.5 Å². The minimum absolute atomic E-state index is 0.584. The van der Waals surface area contributed by atoms with Gasteiger partial charge < -0.3 is 5.32 Å². The summed E-state index contributed by atoms with van der Waals surface area (Å²) in [6.45, 7) is 0.761. The summed E-state index contributed by atoms with van der Waals surface area (Å²) < 4.78 is 0. The van der Waals surface area contributed by atoms with Crippen LogP contribution >= 0.6 is 0 Å². The van der Waals surface area contributed by atoms with Crippen molar-refractivity contribution in [1.82, 2.24) is 19.9 Å². The average Bonchev–Trinajstić information content (AvgIpc) is 2.80. The third-order valence-electron chi connectivity index (χ3n) is 4.54. The van der Waals surface area contributed by atoms with Crippen molar-refractivity contribution in [3.8, 4) is 11.3 Å². The first-order valence-electron chi connectivity index (χ1n) is 9.52. The average molecular weight is 382 g/mol. The number of nitrogens with zero attached hydrogens (tertiary/aromatic N) is 5. The lowest BCUT2D eigenvalue weighted by atomic mass is 10.1. The van der Waals surface area contributed by atoms with E-state index in [-0.39, 0.29) is 0 Å². The van der Waals surface area contributed by atoms with E-state index in [2.05, 4.69) is 37.4 Å². The minimum atomic E-state index is 0.584. The maximum Gasteiger partial charge on any atom is 0.231 e. The highest BCUT2D eigenvalue weighted by Gasteiger charge is 2.11. The second-order valence-corrected chi connectivity index (χ2v) is 6.57. The number of aromatic nitrogens is 4. The van der Waals surface area contributed by atoms with Gasteiger partial charge in [0.25, 0.3) is 0 Å². The van der Waals surface area contributed by atoms with Crippen LogP contribution in [0.1, 0.15) is 5.56 Å². The Morgan fingerprint density at radius 3 is 2.31 bits per heavy atom. The van der Waals surface area contributed by atoms with Crippen molar-refractivity contribution < 1.29 is 0 Å². The highest BCUT2D eigenvalue weighted by molar-refractivity contribution is 5.61. The lowest BCUT2D eigenvalue weighted by molar-refractivity contribution is 0.964. The van der Waals surface area contributed by atoms with Gasteiger partial charge in [0.05, 0.1) is 5.69 Å². The van der Waals surface area contributed by atoms with Crippen LogP contribution in [0.25, 0.3) is 11.3 Å². The summed E-state index contributed by atoms with van der Waals surface area (Å²) in [6.07, 6.45) is 4.42. The summed E-state index contributed by atoms with van der Waals surface area (Å²) in [6, 6.07) is 24.2. The van der Waals surface area contributed by atoms with Gasteiger partial charge in [0.1, 0.15) is 5.82 Å². The number of nitrogens with one attached hydrogen (secondary N) is 1. The van der Waals surface area contributed by atoms with E-state index in [0.29, 0.717) is 11.9 Å². The van der Waals surface area contributed by atoms with Crippen molar-refractivity contribution in [1.29, 1.82) is 0 Å². The van der Waals surface area contributed by atoms with E-state index in [4.69, 9.17) is 0 Å². The van der Waals surface area contributed by atoms with Crippen molar-refractivity contribution in [3.05, 3.63) is 90.8 Å². The molecule has 2 heterocycles. The molecule has 2 aromatic carbocycles. The highest BCUT2D eigenvalue weighted by atomic mass is 15.3. The first kappa shape index (κ1) is 18.6. The van der Waals surface area contributed by atoms with Crippen molar-refractivity contribution in [3.63, 3.8) is 0 Å². The molecule has 0 spiro atoms. The molecule has 0 saturated carbocycles. The lowest BCUT2D eigenvalue weighted by Crippen LogP contribution is -2.16. The third-order valence-corrected chi connectivity index (χ3v) is 4.54. The van der Waals surface area contributed by atoms with E-state index in [0.717, 1.165) is 30.0 Å². The highest BCUT2D eigenvalue weighted by Crippen LogP contribution is 2.22. The van der Waals surface area contributed by atoms with Crippen LogP contribution in [0.2, 0.25) is 0 Å². The standard InChI is InChI=1S/C23H22N6/c1-29(23-26-16-13-20(27-23)19-10-6-3-7-11-19)21-14-17-25-22(28-21)24-15-12-18-8-4-2-5-9-18/h2-11,13-14,16-17H,12,15H2,1H3,(H,24,25,28). The molecule has 6 heteroatoms. The predicted octanol–water partition coefficient (Wildman–Crippen LogP) is 4.36. The second-order valence-electron chi connectivity index (χ2n) is 6.57. The van der Waals surface area contributed by atoms with Gasteiger partial charge in [-0.2, -0.15) is 4.98 Å². The van der Waals surface area contributed by atoms with Gasteiger partial charge in [-0.25, -0.2) is 15.0 Å². The number of benzene rings is 2. The number of anilines is 3. The molecule has 1 N–H and O–H groups in total. The van der Waals surface area contributed by atoms with Crippen LogP contribution in [0.3, 0.4) is 0 Å². The molecular formula is C23H22N6. The maximum absolute atomic E-state index is 4.68. The molecule has 6 nitrogen and oxygen atoms in total. The number of hydrogen-bond donors (Lipinski definition) is 1. The van der Waals surface area contributed by atoms with Crippen LogP contribution in [-0.4, -0.2) is 33.5 Å². The fourth-order valence-electron chi connectivity index (χ4n) is 2.97. The van der Waals surface area contributed by atoms with Gasteiger partial charge in [-0.1, -0.05) is 60.7 Å². The summed E-state index contributed by atoms with van der Waals surface area (Å²) in [5.74, 6) is 1.90. The molecule has 0 unspecified atom stereocenters. The summed E-state index contributed by atoms with van der Waals surface area (Å²) in [5, 5.41) is 3.29. The summed E-state index contributed by atoms with van der Waals surface area (Å²) in [4.78, 5) is 19.9. The Balaban J connectivity index is 1.46. The van der Waals surface area contributed by atoms with E-state index in [9.17, 15) is 0 Å². The van der Waals surface area contributed by atoms with Crippen molar-refractivity contribution >= 4 is 17.7 Å². The smallest absolute Gasteiger partial charge is 0.231 e. The number of rotatable bonds is 7. The van der Waals surface area contributed by atoms with Crippen molar-refractivity contribution in [2.45, 2.75) is 6.42 Å². The SMILES string of the molecule is CN(c1ccnc(NCCc2ccccc2)n1)c1nccc(-c2ccccc2)n1. The van der Waals surface area contributed by atoms with Gasteiger partial charge in [-0.3, -0.25) is 4.90 Å². The zero-order valence-corrected chi connectivity index (χ0v) is 16.2. The van der Waals surface area contributed by atoms with Gasteiger partial charge in [-0.05, 0) is 24.1 Å². The molecule has 0 bridgehead atoms. The van der Waals surface area contributed by atoms with Gasteiger partial charge >= 0.3 is 0 Å². The van der Waals surface area contributed by atoms with E-state index < -0.39 is 0 Å². The Hall–Kier alpha value is -3.80. The quantitative estimate of drug-likeness (QED) is 0.512. The first-order valence-corrected chi connectivity index (χ1v) is 9.52. The van der Waals surface area contributed by atoms with Crippen LogP contribution < -0.4 is 10.2 Å². The van der Waals surface area contributed by atoms with Crippen LogP contribution in [0.4, 0.5) is 17.7 Å². The fraction of sp³-hybridized carbons (Fsp3) is 0.130. The summed E-state index contributed by atoms with van der Waals surface area (Å²) in [7, 11) is 1.90. The largest absolute Gasteiger partial charge is 0.354 e. The molecule has 0 saturated heterocycles. The number of hydrogen-bond acceptors (Lipinski definition) is 6. The van der Waals surface area contributed by atoms with E-state index in [1.165, 1.54) is 5.56 Å². The molecule has 0 radical (unpaired) electrons. The van der Waals surface area contributed by atoms with Gasteiger partial charge in [0.15, 0.2) is 0 Å². The Bertz CT molecular complexity index is 1050. The van der Waals surface area contributed by atoms with E-state index in [1.807, 2.05) is 72.6 Å². The topological polar surface area (TPSA) is 66.8 Å². The molecule has 2 aromatic heterocycles. The van der Waals surface area contributed by atoms with Crippen molar-refractivity contribution in [2.75, 3.05) is 23.8 Å². The molecule has 4 aromatic rings. The Morgan fingerprint density at radius 2 is 1.52 bits per heavy atom. The Labute approximate surface area is 170 Å². The molecular weight excluding hydrogens is 360 g/mol. The van der Waals surface area contributed by atoms with Crippen molar-refractivity contribution in [2.24, 2.45) is 0 Å². The first-order chi connectivity index (χ1) is 14.3. The molecule has 0 aliphatic rings. The van der Waals surface area contributed by atoms with Crippen LogP contribution in [0.15, 0.2) is 85.2 Å². The fourth-order valence-corrected chi connectivity index (χ4v) is 2.97. The molecule has 4 rings (SSSR count). The minimum Gasteiger partial charge on any atom is -0.354 e. The monoisotopic (exact) mass is 382 g/mol. The summed E-state index contributed by atoms with van der Waals surface area (Å²) in [5.41, 5.74) is 3.20. The molecule has 0 aliphatic heterocycles.